The molecule has 0 aliphatic carbocycles. The van der Waals surface area contributed by atoms with Gasteiger partial charge in [-0.3, -0.25) is 4.79 Å². The minimum Gasteiger partial charge on any atom is -0.299 e. The Morgan fingerprint density at radius 3 is 2.54 bits per heavy atom. The zero-order chi connectivity index (χ0) is 10.1. The second-order valence-electron chi connectivity index (χ2n) is 3.82. The summed E-state index contributed by atoms with van der Waals surface area (Å²) in [7, 11) is 0. The van der Waals surface area contributed by atoms with Crippen LogP contribution in [0.2, 0.25) is 0 Å². The number of aldehydes is 1. The summed E-state index contributed by atoms with van der Waals surface area (Å²) in [5, 5.41) is 0. The van der Waals surface area contributed by atoms with E-state index in [1.807, 2.05) is 6.08 Å². The van der Waals surface area contributed by atoms with Gasteiger partial charge < -0.3 is 0 Å². The summed E-state index contributed by atoms with van der Waals surface area (Å²) in [6.45, 7) is 6.59. The topological polar surface area (TPSA) is 17.1 Å². The van der Waals surface area contributed by atoms with Gasteiger partial charge in [0.25, 0.3) is 0 Å². The van der Waals surface area contributed by atoms with Gasteiger partial charge in [0.1, 0.15) is 6.29 Å². The molecule has 1 heteroatoms. The van der Waals surface area contributed by atoms with Crippen LogP contribution in [0.1, 0.15) is 40.0 Å². The van der Waals surface area contributed by atoms with Crippen molar-refractivity contribution in [1.82, 2.24) is 0 Å². The minimum atomic E-state index is 0.790. The average molecular weight is 180 g/mol. The zero-order valence-corrected chi connectivity index (χ0v) is 8.92. The van der Waals surface area contributed by atoms with E-state index >= 15 is 0 Å². The Morgan fingerprint density at radius 1 is 1.31 bits per heavy atom. The smallest absolute Gasteiger partial charge is 0.142 e. The van der Waals surface area contributed by atoms with E-state index in [0.717, 1.165) is 18.6 Å². The van der Waals surface area contributed by atoms with Crippen molar-refractivity contribution in [2.75, 3.05) is 0 Å². The molecule has 0 amide bonds. The lowest BCUT2D eigenvalue weighted by atomic mass is 10.0. The van der Waals surface area contributed by atoms with Crippen LogP contribution in [-0.4, -0.2) is 6.29 Å². The molecule has 0 N–H and O–H groups in total. The van der Waals surface area contributed by atoms with E-state index in [1.54, 1.807) is 6.08 Å². The molecule has 13 heavy (non-hydrogen) atoms. The molecule has 0 aliphatic heterocycles. The quantitative estimate of drug-likeness (QED) is 0.347. The molecule has 0 spiro atoms. The van der Waals surface area contributed by atoms with Crippen LogP contribution in [-0.2, 0) is 4.79 Å². The second kappa shape index (κ2) is 7.78. The summed E-state index contributed by atoms with van der Waals surface area (Å²) in [5.41, 5.74) is 1.35. The largest absolute Gasteiger partial charge is 0.299 e. The predicted octanol–water partition coefficient (Wildman–Crippen LogP) is 3.51. The van der Waals surface area contributed by atoms with Crippen LogP contribution >= 0.6 is 0 Å². The Bertz CT molecular complexity index is 187. The summed E-state index contributed by atoms with van der Waals surface area (Å²) in [6.07, 6.45) is 9.80. The van der Waals surface area contributed by atoms with Crippen molar-refractivity contribution in [3.63, 3.8) is 0 Å². The molecule has 0 aliphatic rings. The Labute approximate surface area is 81.5 Å². The maximum atomic E-state index is 9.97. The molecular weight excluding hydrogens is 160 g/mol. The molecule has 0 heterocycles. The first-order chi connectivity index (χ1) is 6.16. The second-order valence-corrected chi connectivity index (χ2v) is 3.82. The monoisotopic (exact) mass is 180 g/mol. The molecule has 74 valence electrons. The molecule has 0 bridgehead atoms. The molecule has 1 nitrogen and oxygen atoms in total. The lowest BCUT2D eigenvalue weighted by Crippen LogP contribution is -1.87. The normalized spacial score (nSPS) is 12.8. The van der Waals surface area contributed by atoms with Crippen molar-refractivity contribution in [3.05, 3.63) is 23.8 Å². The Hall–Kier alpha value is -0.850. The maximum Gasteiger partial charge on any atom is 0.142 e. The van der Waals surface area contributed by atoms with Crippen molar-refractivity contribution in [2.24, 2.45) is 5.92 Å². The van der Waals surface area contributed by atoms with E-state index < -0.39 is 0 Å². The summed E-state index contributed by atoms with van der Waals surface area (Å²) < 4.78 is 0. The van der Waals surface area contributed by atoms with Gasteiger partial charge in [0.15, 0.2) is 0 Å². The minimum absolute atomic E-state index is 0.790. The van der Waals surface area contributed by atoms with Crippen LogP contribution in [0, 0.1) is 5.92 Å². The predicted molar refractivity (Wildman–Crippen MR) is 57.7 cm³/mol. The van der Waals surface area contributed by atoms with E-state index in [9.17, 15) is 4.79 Å². The lowest BCUT2D eigenvalue weighted by Gasteiger charge is -2.03. The number of carbonyl (C=O) groups excluding carboxylic acids is 1. The molecule has 0 aromatic rings. The van der Waals surface area contributed by atoms with E-state index in [1.165, 1.54) is 24.5 Å². The number of rotatable bonds is 6. The van der Waals surface area contributed by atoms with E-state index in [0.29, 0.717) is 0 Å². The fourth-order valence-electron chi connectivity index (χ4n) is 1.14. The van der Waals surface area contributed by atoms with E-state index in [4.69, 9.17) is 0 Å². The molecule has 0 saturated heterocycles. The van der Waals surface area contributed by atoms with Gasteiger partial charge in [-0.25, -0.2) is 0 Å². The van der Waals surface area contributed by atoms with Gasteiger partial charge in [-0.2, -0.15) is 0 Å². The zero-order valence-electron chi connectivity index (χ0n) is 8.92. The number of hydrogen-bond donors (Lipinski definition) is 0. The lowest BCUT2D eigenvalue weighted by molar-refractivity contribution is -0.104. The first-order valence-corrected chi connectivity index (χ1v) is 4.94. The molecular formula is C12H20O. The van der Waals surface area contributed by atoms with Crippen molar-refractivity contribution < 1.29 is 4.79 Å². The third-order valence-corrected chi connectivity index (χ3v) is 1.92. The maximum absolute atomic E-state index is 9.97. The fraction of sp³-hybridized carbons (Fsp3) is 0.583. The Balaban J connectivity index is 3.60. The molecule has 0 fully saturated rings. The first-order valence-electron chi connectivity index (χ1n) is 4.94. The SMILES string of the molecule is CC(=CC=CC=O)CCCC(C)C. The van der Waals surface area contributed by atoms with Gasteiger partial charge in [0.2, 0.25) is 0 Å². The first kappa shape index (κ1) is 12.2. The van der Waals surface area contributed by atoms with Crippen LogP contribution in [0.4, 0.5) is 0 Å². The van der Waals surface area contributed by atoms with Gasteiger partial charge in [0.05, 0.1) is 0 Å². The van der Waals surface area contributed by atoms with Crippen LogP contribution in [0.5, 0.6) is 0 Å². The molecule has 0 rings (SSSR count). The van der Waals surface area contributed by atoms with Crippen LogP contribution < -0.4 is 0 Å². The summed E-state index contributed by atoms with van der Waals surface area (Å²) in [4.78, 5) is 9.97. The summed E-state index contributed by atoms with van der Waals surface area (Å²) in [6, 6.07) is 0. The van der Waals surface area contributed by atoms with Crippen LogP contribution in [0.25, 0.3) is 0 Å². The summed E-state index contributed by atoms with van der Waals surface area (Å²) >= 11 is 0. The summed E-state index contributed by atoms with van der Waals surface area (Å²) in [5.74, 6) is 0.790. The molecule has 0 atom stereocenters. The third-order valence-electron chi connectivity index (χ3n) is 1.92. The molecule has 0 aromatic carbocycles. The number of allylic oxidation sites excluding steroid dienone is 4. The van der Waals surface area contributed by atoms with Crippen molar-refractivity contribution >= 4 is 6.29 Å². The molecule has 0 unspecified atom stereocenters. The van der Waals surface area contributed by atoms with Gasteiger partial charge in [-0.05, 0) is 31.8 Å². The Kier molecular flexibility index (Phi) is 7.27. The van der Waals surface area contributed by atoms with Crippen LogP contribution in [0.3, 0.4) is 0 Å². The van der Waals surface area contributed by atoms with Crippen molar-refractivity contribution in [1.29, 1.82) is 0 Å². The van der Waals surface area contributed by atoms with Gasteiger partial charge >= 0.3 is 0 Å². The molecule has 0 saturated carbocycles. The van der Waals surface area contributed by atoms with E-state index in [-0.39, 0.29) is 0 Å². The van der Waals surface area contributed by atoms with E-state index in [2.05, 4.69) is 20.8 Å². The van der Waals surface area contributed by atoms with Crippen molar-refractivity contribution in [2.45, 2.75) is 40.0 Å². The highest BCUT2D eigenvalue weighted by Gasteiger charge is 1.94. The average Bonchev–Trinajstić information content (AvgIpc) is 2.04. The highest BCUT2D eigenvalue weighted by atomic mass is 16.1. The highest BCUT2D eigenvalue weighted by molar-refractivity contribution is 5.65. The van der Waals surface area contributed by atoms with Gasteiger partial charge in [0, 0.05) is 0 Å². The molecule has 0 aromatic heterocycles. The van der Waals surface area contributed by atoms with Gasteiger partial charge in [-0.1, -0.05) is 38.0 Å². The highest BCUT2D eigenvalue weighted by Crippen LogP contribution is 2.11. The van der Waals surface area contributed by atoms with Crippen LogP contribution in [0.15, 0.2) is 23.8 Å². The number of carbonyl (C=O) groups is 1. The molecule has 0 radical (unpaired) electrons. The third kappa shape index (κ3) is 9.06. The Morgan fingerprint density at radius 2 is 2.00 bits per heavy atom. The standard InChI is InChI=1S/C12H20O/c1-11(2)7-6-9-12(3)8-4-5-10-13/h4-5,8,10-11H,6-7,9H2,1-3H3. The van der Waals surface area contributed by atoms with Gasteiger partial charge in [-0.15, -0.1) is 0 Å². The van der Waals surface area contributed by atoms with Crippen molar-refractivity contribution in [3.8, 4) is 0 Å². The fourth-order valence-corrected chi connectivity index (χ4v) is 1.14. The number of hydrogen-bond acceptors (Lipinski definition) is 1.